The van der Waals surface area contributed by atoms with Crippen LogP contribution in [0.3, 0.4) is 0 Å². The molecule has 0 saturated carbocycles. The van der Waals surface area contributed by atoms with Crippen molar-refractivity contribution in [2.24, 2.45) is 5.92 Å². The number of anilines is 1. The zero-order chi connectivity index (χ0) is 11.5. The SMILES string of the molecule is CN(C)c1ccc([C@@H]2CNC[C@H]2CO)cc1. The van der Waals surface area contributed by atoms with Crippen LogP contribution in [0.15, 0.2) is 24.3 Å². The maximum absolute atomic E-state index is 9.29. The van der Waals surface area contributed by atoms with Crippen molar-refractivity contribution in [3.63, 3.8) is 0 Å². The van der Waals surface area contributed by atoms with Gasteiger partial charge in [-0.15, -0.1) is 0 Å². The van der Waals surface area contributed by atoms with Crippen LogP contribution < -0.4 is 10.2 Å². The van der Waals surface area contributed by atoms with E-state index < -0.39 is 0 Å². The molecule has 1 aliphatic heterocycles. The van der Waals surface area contributed by atoms with Gasteiger partial charge >= 0.3 is 0 Å². The van der Waals surface area contributed by atoms with Crippen molar-refractivity contribution in [3.05, 3.63) is 29.8 Å². The highest BCUT2D eigenvalue weighted by molar-refractivity contribution is 5.46. The molecule has 16 heavy (non-hydrogen) atoms. The number of nitrogens with zero attached hydrogens (tertiary/aromatic N) is 1. The normalized spacial score (nSPS) is 24.7. The Labute approximate surface area is 97.1 Å². The highest BCUT2D eigenvalue weighted by atomic mass is 16.3. The molecule has 1 saturated heterocycles. The van der Waals surface area contributed by atoms with E-state index in [1.807, 2.05) is 14.1 Å². The summed E-state index contributed by atoms with van der Waals surface area (Å²) in [5.41, 5.74) is 2.55. The van der Waals surface area contributed by atoms with Gasteiger partial charge in [0.2, 0.25) is 0 Å². The smallest absolute Gasteiger partial charge is 0.0477 e. The summed E-state index contributed by atoms with van der Waals surface area (Å²) >= 11 is 0. The largest absolute Gasteiger partial charge is 0.396 e. The van der Waals surface area contributed by atoms with Crippen molar-refractivity contribution in [1.82, 2.24) is 5.32 Å². The molecule has 0 radical (unpaired) electrons. The van der Waals surface area contributed by atoms with Gasteiger partial charge in [-0.25, -0.2) is 0 Å². The minimum Gasteiger partial charge on any atom is -0.396 e. The van der Waals surface area contributed by atoms with Gasteiger partial charge < -0.3 is 15.3 Å². The van der Waals surface area contributed by atoms with Gasteiger partial charge in [0.05, 0.1) is 0 Å². The van der Waals surface area contributed by atoms with Gasteiger partial charge in [-0.1, -0.05) is 12.1 Å². The zero-order valence-electron chi connectivity index (χ0n) is 9.98. The van der Waals surface area contributed by atoms with E-state index in [0.29, 0.717) is 11.8 Å². The summed E-state index contributed by atoms with van der Waals surface area (Å²) in [6, 6.07) is 8.63. The maximum Gasteiger partial charge on any atom is 0.0477 e. The second-order valence-corrected chi connectivity index (χ2v) is 4.69. The molecule has 2 rings (SSSR count). The van der Waals surface area contributed by atoms with Crippen molar-refractivity contribution in [2.45, 2.75) is 5.92 Å². The molecule has 1 heterocycles. The Morgan fingerprint density at radius 3 is 2.50 bits per heavy atom. The van der Waals surface area contributed by atoms with E-state index in [0.717, 1.165) is 13.1 Å². The predicted molar refractivity (Wildman–Crippen MR) is 67.0 cm³/mol. The number of rotatable bonds is 3. The molecule has 2 atom stereocenters. The maximum atomic E-state index is 9.29. The second-order valence-electron chi connectivity index (χ2n) is 4.69. The number of aliphatic hydroxyl groups excluding tert-OH is 1. The average Bonchev–Trinajstić information content (AvgIpc) is 2.77. The van der Waals surface area contributed by atoms with Gasteiger partial charge in [0.15, 0.2) is 0 Å². The molecule has 0 unspecified atom stereocenters. The Hall–Kier alpha value is -1.06. The summed E-state index contributed by atoms with van der Waals surface area (Å²) in [6.45, 7) is 2.18. The Morgan fingerprint density at radius 2 is 1.94 bits per heavy atom. The van der Waals surface area contributed by atoms with Crippen molar-refractivity contribution in [1.29, 1.82) is 0 Å². The monoisotopic (exact) mass is 220 g/mol. The lowest BCUT2D eigenvalue weighted by Gasteiger charge is -2.18. The Morgan fingerprint density at radius 1 is 1.25 bits per heavy atom. The topological polar surface area (TPSA) is 35.5 Å². The van der Waals surface area contributed by atoms with Crippen molar-refractivity contribution < 1.29 is 5.11 Å². The summed E-state index contributed by atoms with van der Waals surface area (Å²) in [5, 5.41) is 12.6. The fraction of sp³-hybridized carbons (Fsp3) is 0.538. The van der Waals surface area contributed by atoms with Crippen LogP contribution >= 0.6 is 0 Å². The average molecular weight is 220 g/mol. The molecule has 0 spiro atoms. The second kappa shape index (κ2) is 4.85. The molecule has 0 aliphatic carbocycles. The van der Waals surface area contributed by atoms with Crippen LogP contribution in [0.2, 0.25) is 0 Å². The lowest BCUT2D eigenvalue weighted by Crippen LogP contribution is -2.15. The summed E-state index contributed by atoms with van der Waals surface area (Å²) < 4.78 is 0. The zero-order valence-corrected chi connectivity index (χ0v) is 9.98. The number of aliphatic hydroxyl groups is 1. The first-order valence-electron chi connectivity index (χ1n) is 5.81. The fourth-order valence-corrected chi connectivity index (χ4v) is 2.33. The van der Waals surface area contributed by atoms with E-state index in [4.69, 9.17) is 0 Å². The van der Waals surface area contributed by atoms with Crippen LogP contribution in [-0.2, 0) is 0 Å². The Balaban J connectivity index is 2.15. The molecule has 0 amide bonds. The highest BCUT2D eigenvalue weighted by Crippen LogP contribution is 2.28. The van der Waals surface area contributed by atoms with Crippen LogP contribution in [0.25, 0.3) is 0 Å². The third-order valence-electron chi connectivity index (χ3n) is 3.41. The third kappa shape index (κ3) is 2.20. The van der Waals surface area contributed by atoms with E-state index in [1.165, 1.54) is 11.3 Å². The molecule has 1 aliphatic rings. The molecule has 88 valence electrons. The molecule has 3 nitrogen and oxygen atoms in total. The molecule has 1 aromatic carbocycles. The summed E-state index contributed by atoms with van der Waals surface area (Å²) in [7, 11) is 4.09. The van der Waals surface area contributed by atoms with Gasteiger partial charge in [0.25, 0.3) is 0 Å². The standard InChI is InChI=1S/C13H20N2O/c1-15(2)12-5-3-10(4-6-12)13-8-14-7-11(13)9-16/h3-6,11,13-14,16H,7-9H2,1-2H3/t11-,13-/m0/s1. The lowest BCUT2D eigenvalue weighted by atomic mass is 9.89. The number of benzene rings is 1. The van der Waals surface area contributed by atoms with Crippen molar-refractivity contribution >= 4 is 5.69 Å². The first kappa shape index (κ1) is 11.4. The minimum atomic E-state index is 0.271. The fourth-order valence-electron chi connectivity index (χ4n) is 2.33. The number of nitrogens with one attached hydrogen (secondary N) is 1. The first-order chi connectivity index (χ1) is 7.72. The molecule has 0 bridgehead atoms. The third-order valence-corrected chi connectivity index (χ3v) is 3.41. The predicted octanol–water partition coefficient (Wildman–Crippen LogP) is 1.05. The van der Waals surface area contributed by atoms with E-state index in [-0.39, 0.29) is 6.61 Å². The minimum absolute atomic E-state index is 0.271. The molecule has 3 heteroatoms. The van der Waals surface area contributed by atoms with Crippen LogP contribution in [0.5, 0.6) is 0 Å². The van der Waals surface area contributed by atoms with E-state index in [9.17, 15) is 5.11 Å². The molecular weight excluding hydrogens is 200 g/mol. The van der Waals surface area contributed by atoms with Crippen LogP contribution in [0, 0.1) is 5.92 Å². The van der Waals surface area contributed by atoms with Gasteiger partial charge in [-0.3, -0.25) is 0 Å². The Bertz CT molecular complexity index is 334. The molecular formula is C13H20N2O. The highest BCUT2D eigenvalue weighted by Gasteiger charge is 2.27. The first-order valence-corrected chi connectivity index (χ1v) is 5.81. The Kier molecular flexibility index (Phi) is 3.46. The van der Waals surface area contributed by atoms with E-state index >= 15 is 0 Å². The van der Waals surface area contributed by atoms with Crippen molar-refractivity contribution in [3.8, 4) is 0 Å². The van der Waals surface area contributed by atoms with Gasteiger partial charge in [-0.05, 0) is 17.7 Å². The molecule has 1 aromatic rings. The molecule has 0 aromatic heterocycles. The van der Waals surface area contributed by atoms with Crippen LogP contribution in [0.1, 0.15) is 11.5 Å². The molecule has 1 fully saturated rings. The van der Waals surface area contributed by atoms with E-state index in [2.05, 4.69) is 34.5 Å². The van der Waals surface area contributed by atoms with Gasteiger partial charge in [-0.2, -0.15) is 0 Å². The molecule has 2 N–H and O–H groups in total. The summed E-state index contributed by atoms with van der Waals surface area (Å²) in [4.78, 5) is 2.10. The van der Waals surface area contributed by atoms with Crippen LogP contribution in [0.4, 0.5) is 5.69 Å². The number of hydrogen-bond donors (Lipinski definition) is 2. The lowest BCUT2D eigenvalue weighted by molar-refractivity contribution is 0.226. The quantitative estimate of drug-likeness (QED) is 0.799. The van der Waals surface area contributed by atoms with Gasteiger partial charge in [0.1, 0.15) is 0 Å². The van der Waals surface area contributed by atoms with Crippen LogP contribution in [-0.4, -0.2) is 38.9 Å². The summed E-state index contributed by atoms with van der Waals surface area (Å²) in [5.74, 6) is 0.825. The van der Waals surface area contributed by atoms with E-state index in [1.54, 1.807) is 0 Å². The van der Waals surface area contributed by atoms with Crippen molar-refractivity contribution in [2.75, 3.05) is 38.7 Å². The number of hydrogen-bond acceptors (Lipinski definition) is 3. The van der Waals surface area contributed by atoms with Gasteiger partial charge in [0, 0.05) is 51.3 Å². The summed E-state index contributed by atoms with van der Waals surface area (Å²) in [6.07, 6.45) is 0.